The number of hydrogen-bond acceptors (Lipinski definition) is 4. The zero-order chi connectivity index (χ0) is 10.3. The van der Waals surface area contributed by atoms with Crippen molar-refractivity contribution in [2.24, 2.45) is 0 Å². The van der Waals surface area contributed by atoms with Crippen LogP contribution >= 0.6 is 11.8 Å². The molecule has 1 heterocycles. The van der Waals surface area contributed by atoms with Crippen LogP contribution in [0.15, 0.2) is 28.0 Å². The Kier molecular flexibility index (Phi) is 2.21. The molecule has 1 aromatic carbocycles. The molecule has 2 N–H and O–H groups in total. The predicted octanol–water partition coefficient (Wildman–Crippen LogP) is 1.80. The van der Waals surface area contributed by atoms with Crippen molar-refractivity contribution in [2.75, 3.05) is 5.32 Å². The lowest BCUT2D eigenvalue weighted by Gasteiger charge is -2.00. The second kappa shape index (κ2) is 3.15. The highest BCUT2D eigenvalue weighted by atomic mass is 32.2. The highest BCUT2D eigenvalue weighted by Crippen LogP contribution is 2.39. The fourth-order valence-electron chi connectivity index (χ4n) is 1.32. The highest BCUT2D eigenvalue weighted by Gasteiger charge is 2.20. The second-order valence-corrected chi connectivity index (χ2v) is 5.84. The molecule has 2 rings (SSSR count). The minimum Gasteiger partial charge on any atom is -0.372 e. The lowest BCUT2D eigenvalue weighted by atomic mass is 10.3. The Bertz CT molecular complexity index is 469. The van der Waals surface area contributed by atoms with Gasteiger partial charge in [-0.25, -0.2) is 0 Å². The normalized spacial score (nSPS) is 20.3. The van der Waals surface area contributed by atoms with E-state index in [0.29, 0.717) is 0 Å². The van der Waals surface area contributed by atoms with Crippen molar-refractivity contribution in [3.8, 4) is 0 Å². The molecule has 0 radical (unpaired) electrons. The summed E-state index contributed by atoms with van der Waals surface area (Å²) in [5.41, 5.74) is 0.912. The van der Waals surface area contributed by atoms with Crippen LogP contribution in [0, 0.1) is 0 Å². The number of nitrogens with one attached hydrogen (secondary N) is 1. The van der Waals surface area contributed by atoms with Crippen molar-refractivity contribution in [1.29, 1.82) is 0 Å². The maximum atomic E-state index is 10.8. The van der Waals surface area contributed by atoms with Gasteiger partial charge in [-0.3, -0.25) is 4.55 Å². The lowest BCUT2D eigenvalue weighted by molar-refractivity contribution is 0.483. The van der Waals surface area contributed by atoms with Gasteiger partial charge in [-0.05, 0) is 25.1 Å². The van der Waals surface area contributed by atoms with E-state index < -0.39 is 10.1 Å². The average Bonchev–Trinajstić information content (AvgIpc) is 2.41. The van der Waals surface area contributed by atoms with Gasteiger partial charge in [0, 0.05) is 10.6 Å². The van der Waals surface area contributed by atoms with Crippen molar-refractivity contribution in [3.63, 3.8) is 0 Å². The Labute approximate surface area is 86.5 Å². The third-order valence-electron chi connectivity index (χ3n) is 1.91. The molecule has 0 amide bonds. The standard InChI is InChI=1S/C8H9NO3S2/c1-5-9-7-3-2-6(14(10,11)12)4-8(7)13-5/h2-5,9H,1H3,(H,10,11,12). The number of anilines is 1. The first-order valence-corrected chi connectivity index (χ1v) is 6.33. The Morgan fingerprint density at radius 1 is 1.50 bits per heavy atom. The minimum absolute atomic E-state index is 0.0559. The van der Waals surface area contributed by atoms with Crippen LogP contribution in [0.3, 0.4) is 0 Å². The van der Waals surface area contributed by atoms with Gasteiger partial charge in [-0.1, -0.05) is 11.8 Å². The summed E-state index contributed by atoms with van der Waals surface area (Å²) in [6.45, 7) is 1.98. The summed E-state index contributed by atoms with van der Waals surface area (Å²) in [7, 11) is -4.08. The van der Waals surface area contributed by atoms with Crippen molar-refractivity contribution in [3.05, 3.63) is 18.2 Å². The lowest BCUT2D eigenvalue weighted by Crippen LogP contribution is -2.02. The summed E-state index contributed by atoms with van der Waals surface area (Å²) in [6.07, 6.45) is 0. The Hall–Kier alpha value is -0.720. The molecular formula is C8H9NO3S2. The summed E-state index contributed by atoms with van der Waals surface area (Å²) in [6, 6.07) is 4.53. The van der Waals surface area contributed by atoms with Crippen molar-refractivity contribution < 1.29 is 13.0 Å². The Morgan fingerprint density at radius 2 is 2.21 bits per heavy atom. The SMILES string of the molecule is CC1Nc2ccc(S(=O)(=O)O)cc2S1. The summed E-state index contributed by atoms with van der Waals surface area (Å²) in [5, 5.41) is 3.40. The molecule has 0 saturated heterocycles. The zero-order valence-electron chi connectivity index (χ0n) is 7.39. The van der Waals surface area contributed by atoms with E-state index in [1.165, 1.54) is 23.9 Å². The monoisotopic (exact) mass is 231 g/mol. The number of rotatable bonds is 1. The molecule has 1 aliphatic heterocycles. The zero-order valence-corrected chi connectivity index (χ0v) is 9.02. The van der Waals surface area contributed by atoms with Crippen LogP contribution in [0.4, 0.5) is 5.69 Å². The molecule has 1 atom stereocenters. The van der Waals surface area contributed by atoms with Gasteiger partial charge in [-0.2, -0.15) is 8.42 Å². The first-order valence-electron chi connectivity index (χ1n) is 4.01. The van der Waals surface area contributed by atoms with Crippen LogP contribution in [0.1, 0.15) is 6.92 Å². The summed E-state index contributed by atoms with van der Waals surface area (Å²) in [4.78, 5) is 0.798. The second-order valence-electron chi connectivity index (χ2n) is 3.04. The van der Waals surface area contributed by atoms with Gasteiger partial charge in [0.25, 0.3) is 10.1 Å². The number of fused-ring (bicyclic) bond motifs is 1. The van der Waals surface area contributed by atoms with Crippen molar-refractivity contribution in [1.82, 2.24) is 0 Å². The summed E-state index contributed by atoms with van der Waals surface area (Å²) < 4.78 is 30.5. The van der Waals surface area contributed by atoms with Gasteiger partial charge in [-0.15, -0.1) is 0 Å². The molecule has 0 aromatic heterocycles. The smallest absolute Gasteiger partial charge is 0.294 e. The van der Waals surface area contributed by atoms with E-state index in [0.717, 1.165) is 10.6 Å². The Morgan fingerprint density at radius 3 is 2.86 bits per heavy atom. The largest absolute Gasteiger partial charge is 0.372 e. The molecular weight excluding hydrogens is 222 g/mol. The number of benzene rings is 1. The molecule has 76 valence electrons. The molecule has 1 aliphatic rings. The maximum absolute atomic E-state index is 10.8. The van der Waals surface area contributed by atoms with Crippen LogP contribution in [0.25, 0.3) is 0 Å². The summed E-state index contributed by atoms with van der Waals surface area (Å²) >= 11 is 1.53. The van der Waals surface area contributed by atoms with E-state index in [1.807, 2.05) is 6.92 Å². The molecule has 0 bridgehead atoms. The van der Waals surface area contributed by atoms with Crippen molar-refractivity contribution in [2.45, 2.75) is 22.1 Å². The van der Waals surface area contributed by atoms with Gasteiger partial charge in [0.2, 0.25) is 0 Å². The van der Waals surface area contributed by atoms with E-state index in [1.54, 1.807) is 6.07 Å². The van der Waals surface area contributed by atoms with E-state index in [2.05, 4.69) is 5.32 Å². The third kappa shape index (κ3) is 1.73. The molecule has 1 unspecified atom stereocenters. The highest BCUT2D eigenvalue weighted by molar-refractivity contribution is 8.00. The summed E-state index contributed by atoms with van der Waals surface area (Å²) in [5.74, 6) is 0. The first-order chi connectivity index (χ1) is 6.47. The topological polar surface area (TPSA) is 66.4 Å². The fourth-order valence-corrected chi connectivity index (χ4v) is 2.92. The fraction of sp³-hybridized carbons (Fsp3) is 0.250. The minimum atomic E-state index is -4.08. The van der Waals surface area contributed by atoms with Gasteiger partial charge < -0.3 is 5.32 Å². The van der Waals surface area contributed by atoms with Crippen LogP contribution in [0.2, 0.25) is 0 Å². The molecule has 0 saturated carbocycles. The van der Waals surface area contributed by atoms with Crippen LogP contribution < -0.4 is 5.32 Å². The Balaban J connectivity index is 2.48. The van der Waals surface area contributed by atoms with E-state index in [-0.39, 0.29) is 10.3 Å². The van der Waals surface area contributed by atoms with E-state index >= 15 is 0 Å². The van der Waals surface area contributed by atoms with Gasteiger partial charge >= 0.3 is 0 Å². The number of thioether (sulfide) groups is 1. The van der Waals surface area contributed by atoms with Crippen molar-refractivity contribution >= 4 is 27.6 Å². The predicted molar refractivity (Wildman–Crippen MR) is 55.2 cm³/mol. The van der Waals surface area contributed by atoms with E-state index in [9.17, 15) is 8.42 Å². The number of hydrogen-bond donors (Lipinski definition) is 2. The molecule has 0 fully saturated rings. The first kappa shape index (κ1) is 9.82. The molecule has 0 spiro atoms. The van der Waals surface area contributed by atoms with Crippen LogP contribution in [-0.4, -0.2) is 18.3 Å². The molecule has 4 nitrogen and oxygen atoms in total. The molecule has 0 aliphatic carbocycles. The van der Waals surface area contributed by atoms with E-state index in [4.69, 9.17) is 4.55 Å². The third-order valence-corrected chi connectivity index (χ3v) is 3.83. The van der Waals surface area contributed by atoms with Gasteiger partial charge in [0.15, 0.2) is 0 Å². The van der Waals surface area contributed by atoms with Gasteiger partial charge in [0.1, 0.15) is 0 Å². The molecule has 6 heteroatoms. The molecule has 14 heavy (non-hydrogen) atoms. The van der Waals surface area contributed by atoms with Gasteiger partial charge in [0.05, 0.1) is 10.3 Å². The van der Waals surface area contributed by atoms with Crippen LogP contribution in [0.5, 0.6) is 0 Å². The quantitative estimate of drug-likeness (QED) is 0.721. The van der Waals surface area contributed by atoms with Crippen LogP contribution in [-0.2, 0) is 10.1 Å². The maximum Gasteiger partial charge on any atom is 0.294 e. The average molecular weight is 231 g/mol. The molecule has 1 aromatic rings.